The smallest absolute Gasteiger partial charge is 0.264 e. The Labute approximate surface area is 113 Å². The maximum atomic E-state index is 13.3. The highest BCUT2D eigenvalue weighted by molar-refractivity contribution is 7.92. The molecule has 0 bridgehead atoms. The zero-order valence-electron chi connectivity index (χ0n) is 10.1. The predicted molar refractivity (Wildman–Crippen MR) is 70.0 cm³/mol. The largest absolute Gasteiger partial charge is 0.326 e. The second kappa shape index (κ2) is 5.39. The van der Waals surface area contributed by atoms with Gasteiger partial charge in [0.25, 0.3) is 15.6 Å². The number of hydrogen-bond donors (Lipinski definition) is 3. The maximum Gasteiger partial charge on any atom is 0.264 e. The highest BCUT2D eigenvalue weighted by Gasteiger charge is 2.16. The molecule has 1 aromatic carbocycles. The van der Waals surface area contributed by atoms with E-state index >= 15 is 0 Å². The van der Waals surface area contributed by atoms with Crippen LogP contribution in [-0.2, 0) is 16.6 Å². The molecule has 0 aliphatic heterocycles. The standard InChI is InChI=1S/C11H11FN4O3S/c12-9-2-1-8(5-7(9)6-13)20(18,19)16-10-3-4-11(17)15-14-10/h1-5H,6,13H2,(H,14,16)(H,15,17). The minimum atomic E-state index is -3.93. The van der Waals surface area contributed by atoms with E-state index in [1.54, 1.807) is 0 Å². The van der Waals surface area contributed by atoms with Gasteiger partial charge in [0.15, 0.2) is 5.82 Å². The number of benzene rings is 1. The van der Waals surface area contributed by atoms with Crippen molar-refractivity contribution in [2.75, 3.05) is 4.72 Å². The van der Waals surface area contributed by atoms with Gasteiger partial charge in [0.05, 0.1) is 4.90 Å². The van der Waals surface area contributed by atoms with Crippen LogP contribution in [0.25, 0.3) is 0 Å². The Balaban J connectivity index is 2.35. The average molecular weight is 298 g/mol. The van der Waals surface area contributed by atoms with Crippen molar-refractivity contribution in [3.63, 3.8) is 0 Å². The summed E-state index contributed by atoms with van der Waals surface area (Å²) in [6.45, 7) is -0.119. The van der Waals surface area contributed by atoms with E-state index in [2.05, 4.69) is 14.9 Å². The zero-order chi connectivity index (χ0) is 14.8. The first-order valence-electron chi connectivity index (χ1n) is 5.49. The fraction of sp³-hybridized carbons (Fsp3) is 0.0909. The SMILES string of the molecule is NCc1cc(S(=O)(=O)Nc2ccc(=O)[nH]n2)ccc1F. The number of nitrogens with zero attached hydrogens (tertiary/aromatic N) is 1. The second-order valence-electron chi connectivity index (χ2n) is 3.87. The van der Waals surface area contributed by atoms with Crippen molar-refractivity contribution in [1.82, 2.24) is 10.2 Å². The van der Waals surface area contributed by atoms with E-state index in [-0.39, 0.29) is 22.8 Å². The number of H-pyrrole nitrogens is 1. The van der Waals surface area contributed by atoms with Gasteiger partial charge in [0.2, 0.25) is 0 Å². The van der Waals surface area contributed by atoms with Crippen molar-refractivity contribution in [2.24, 2.45) is 5.73 Å². The lowest BCUT2D eigenvalue weighted by Gasteiger charge is -2.08. The fourth-order valence-corrected chi connectivity index (χ4v) is 2.52. The van der Waals surface area contributed by atoms with Gasteiger partial charge in [-0.2, -0.15) is 5.10 Å². The molecule has 2 rings (SSSR count). The van der Waals surface area contributed by atoms with Gasteiger partial charge < -0.3 is 5.73 Å². The van der Waals surface area contributed by atoms with Crippen LogP contribution in [0.2, 0.25) is 0 Å². The van der Waals surface area contributed by atoms with Crippen LogP contribution in [0.4, 0.5) is 10.2 Å². The summed E-state index contributed by atoms with van der Waals surface area (Å²) in [5.74, 6) is -0.628. The van der Waals surface area contributed by atoms with Crippen molar-refractivity contribution in [3.05, 3.63) is 52.1 Å². The van der Waals surface area contributed by atoms with Gasteiger partial charge in [-0.1, -0.05) is 0 Å². The lowest BCUT2D eigenvalue weighted by atomic mass is 10.2. The molecule has 4 N–H and O–H groups in total. The number of hydrogen-bond acceptors (Lipinski definition) is 5. The van der Waals surface area contributed by atoms with E-state index in [1.807, 2.05) is 0 Å². The van der Waals surface area contributed by atoms with Crippen molar-refractivity contribution in [2.45, 2.75) is 11.4 Å². The number of sulfonamides is 1. The lowest BCUT2D eigenvalue weighted by molar-refractivity contribution is 0.596. The van der Waals surface area contributed by atoms with Crippen LogP contribution in [0.1, 0.15) is 5.56 Å². The Hall–Kier alpha value is -2.26. The third-order valence-electron chi connectivity index (χ3n) is 2.47. The quantitative estimate of drug-likeness (QED) is 0.743. The third-order valence-corrected chi connectivity index (χ3v) is 3.82. The number of halogens is 1. The van der Waals surface area contributed by atoms with Crippen LogP contribution in [0.5, 0.6) is 0 Å². The van der Waals surface area contributed by atoms with Gasteiger partial charge in [-0.05, 0) is 24.3 Å². The molecule has 2 aromatic rings. The minimum absolute atomic E-state index is 0.0526. The van der Waals surface area contributed by atoms with Gasteiger partial charge in [-0.15, -0.1) is 0 Å². The van der Waals surface area contributed by atoms with E-state index in [0.29, 0.717) is 0 Å². The normalized spacial score (nSPS) is 11.3. The van der Waals surface area contributed by atoms with Gasteiger partial charge in [-0.25, -0.2) is 17.9 Å². The van der Waals surface area contributed by atoms with Crippen molar-refractivity contribution in [3.8, 4) is 0 Å². The van der Waals surface area contributed by atoms with Crippen LogP contribution in [0.15, 0.2) is 40.0 Å². The molecule has 0 saturated heterocycles. The lowest BCUT2D eigenvalue weighted by Crippen LogP contribution is -2.17. The van der Waals surface area contributed by atoms with Crippen LogP contribution >= 0.6 is 0 Å². The molecule has 0 unspecified atom stereocenters. The molecule has 1 aromatic heterocycles. The molecule has 0 fully saturated rings. The molecule has 9 heteroatoms. The molecular weight excluding hydrogens is 287 g/mol. The minimum Gasteiger partial charge on any atom is -0.326 e. The molecule has 0 radical (unpaired) electrons. The molecule has 1 heterocycles. The first kappa shape index (κ1) is 14.2. The molecule has 0 atom stereocenters. The molecule has 0 saturated carbocycles. The number of aromatic nitrogens is 2. The third kappa shape index (κ3) is 3.00. The molecule has 0 aliphatic carbocycles. The molecule has 0 amide bonds. The van der Waals surface area contributed by atoms with Gasteiger partial charge in [-0.3, -0.25) is 9.52 Å². The summed E-state index contributed by atoms with van der Waals surface area (Å²) in [5.41, 5.74) is 4.95. The highest BCUT2D eigenvalue weighted by Crippen LogP contribution is 2.17. The molecule has 0 spiro atoms. The van der Waals surface area contributed by atoms with Crippen molar-refractivity contribution < 1.29 is 12.8 Å². The van der Waals surface area contributed by atoms with Crippen molar-refractivity contribution >= 4 is 15.8 Å². The fourth-order valence-electron chi connectivity index (χ4n) is 1.47. The Morgan fingerprint density at radius 3 is 2.65 bits per heavy atom. The Morgan fingerprint density at radius 2 is 2.05 bits per heavy atom. The van der Waals surface area contributed by atoms with Crippen LogP contribution in [0, 0.1) is 5.82 Å². The first-order valence-corrected chi connectivity index (χ1v) is 6.98. The molecule has 20 heavy (non-hydrogen) atoms. The van der Waals surface area contributed by atoms with Crippen LogP contribution in [-0.4, -0.2) is 18.6 Å². The first-order chi connectivity index (χ1) is 9.42. The maximum absolute atomic E-state index is 13.3. The second-order valence-corrected chi connectivity index (χ2v) is 5.55. The number of nitrogens with two attached hydrogens (primary N) is 1. The van der Waals surface area contributed by atoms with Crippen molar-refractivity contribution in [1.29, 1.82) is 0 Å². The van der Waals surface area contributed by atoms with E-state index in [4.69, 9.17) is 5.73 Å². The summed E-state index contributed by atoms with van der Waals surface area (Å²) in [6, 6.07) is 5.62. The predicted octanol–water partition coefficient (Wildman–Crippen LogP) is 0.169. The Bertz CT molecular complexity index is 768. The van der Waals surface area contributed by atoms with E-state index in [1.165, 1.54) is 6.07 Å². The molecule has 7 nitrogen and oxygen atoms in total. The summed E-state index contributed by atoms with van der Waals surface area (Å²) < 4.78 is 39.6. The Kier molecular flexibility index (Phi) is 3.81. The van der Waals surface area contributed by atoms with E-state index < -0.39 is 21.4 Å². The molecule has 0 aliphatic rings. The van der Waals surface area contributed by atoms with Gasteiger partial charge >= 0.3 is 0 Å². The molecule has 106 valence electrons. The number of rotatable bonds is 4. The van der Waals surface area contributed by atoms with Crippen LogP contribution < -0.4 is 16.0 Å². The summed E-state index contributed by atoms with van der Waals surface area (Å²) in [4.78, 5) is 10.7. The highest BCUT2D eigenvalue weighted by atomic mass is 32.2. The van der Waals surface area contributed by atoms with Gasteiger partial charge in [0.1, 0.15) is 5.82 Å². The van der Waals surface area contributed by atoms with E-state index in [0.717, 1.165) is 24.3 Å². The van der Waals surface area contributed by atoms with E-state index in [9.17, 15) is 17.6 Å². The average Bonchev–Trinajstić information content (AvgIpc) is 2.41. The topological polar surface area (TPSA) is 118 Å². The summed E-state index contributed by atoms with van der Waals surface area (Å²) in [7, 11) is -3.93. The summed E-state index contributed by atoms with van der Waals surface area (Å²) >= 11 is 0. The molecular formula is C11H11FN4O3S. The summed E-state index contributed by atoms with van der Waals surface area (Å²) in [6.07, 6.45) is 0. The van der Waals surface area contributed by atoms with Gasteiger partial charge in [0, 0.05) is 18.2 Å². The summed E-state index contributed by atoms with van der Waals surface area (Å²) in [5, 5.41) is 5.62. The monoisotopic (exact) mass is 298 g/mol. The number of aromatic amines is 1. The van der Waals surface area contributed by atoms with Crippen LogP contribution in [0.3, 0.4) is 0 Å². The zero-order valence-corrected chi connectivity index (χ0v) is 10.9. The number of anilines is 1. The Morgan fingerprint density at radius 1 is 1.30 bits per heavy atom. The number of nitrogens with one attached hydrogen (secondary N) is 2.